The Kier molecular flexibility index (Phi) is 82.6. The second kappa shape index (κ2) is 83.8. The minimum atomic E-state index is 0.255. The normalized spacial score (nSPS) is 21.5. The number of aldehydes is 1. The van der Waals surface area contributed by atoms with Crippen LogP contribution in [0.5, 0.6) is 0 Å². The molecule has 0 aromatic carbocycles. The molecule has 13 atom stereocenters. The number of carbonyl (C=O) groups excluding carboxylic acids is 10. The lowest BCUT2D eigenvalue weighted by atomic mass is 9.53. The van der Waals surface area contributed by atoms with E-state index in [2.05, 4.69) is 216 Å². The molecule has 0 aliphatic heterocycles. The van der Waals surface area contributed by atoms with Gasteiger partial charge in [-0.3, -0.25) is 43.2 Å². The SMILES string of the molecule is CC(C)C/C=C/CC/C=C/CC/C=C/CCC(=O)CCCCCCCC(C)C(C)CCC(C)(C)C.CC(C)CC(=O)CC(C)C.CC(C)CCCC(C)C1CCC2C1CCC1C3CCC(=O)CC3CCC12.CCC(=O)CC(C)C.CCC(C)C=O.CCCC(=O)CCC(C)(C)C.CCCC(=O)CCC(C)C(C)CC(C)(C)C.O=C1CCC(C2CCCCC2)CC1.O=C1CCCCC1.O=C1CCCCCC1. The van der Waals surface area contributed by atoms with Gasteiger partial charge in [-0.15, -0.1) is 0 Å². The molecule has 0 heterocycles. The zero-order chi connectivity index (χ0) is 106. The first-order valence-corrected chi connectivity index (χ1v) is 60.1. The molecule has 10 nitrogen and oxygen atoms in total. The van der Waals surface area contributed by atoms with E-state index in [1.807, 2.05) is 20.8 Å². The third-order valence-electron chi connectivity index (χ3n) is 31.6. The maximum absolute atomic E-state index is 12.1. The zero-order valence-corrected chi connectivity index (χ0v) is 98.5. The number of Topliss-reactive ketones (excluding diaryl/α,β-unsaturated/α-hetero) is 9. The van der Waals surface area contributed by atoms with Crippen LogP contribution in [0.2, 0.25) is 0 Å². The zero-order valence-electron chi connectivity index (χ0n) is 98.5. The molecule has 140 heavy (non-hydrogen) atoms. The fourth-order valence-corrected chi connectivity index (χ4v) is 22.4. The molecule has 8 aliphatic carbocycles. The van der Waals surface area contributed by atoms with Crippen molar-refractivity contribution in [3.05, 3.63) is 36.5 Å². The topological polar surface area (TPSA) is 171 Å². The predicted octanol–water partition coefficient (Wildman–Crippen LogP) is 39.0. The summed E-state index contributed by atoms with van der Waals surface area (Å²) < 4.78 is 0. The van der Waals surface area contributed by atoms with Crippen LogP contribution in [0.25, 0.3) is 0 Å². The van der Waals surface area contributed by atoms with Gasteiger partial charge in [-0.05, 0) is 308 Å². The lowest BCUT2D eigenvalue weighted by molar-refractivity contribution is -0.126. The summed E-state index contributed by atoms with van der Waals surface area (Å²) in [7, 11) is 0. The van der Waals surface area contributed by atoms with Gasteiger partial charge in [-0.1, -0.05) is 340 Å². The molecule has 0 N–H and O–H groups in total. The summed E-state index contributed by atoms with van der Waals surface area (Å²) in [6.45, 7) is 64.1. The van der Waals surface area contributed by atoms with Gasteiger partial charge in [0.05, 0.1) is 0 Å². The number of ketones is 9. The van der Waals surface area contributed by atoms with Crippen LogP contribution >= 0.6 is 0 Å². The number of unbranched alkanes of at least 4 members (excludes halogenated alkanes) is 6. The van der Waals surface area contributed by atoms with Crippen molar-refractivity contribution in [2.45, 2.75) is 599 Å². The van der Waals surface area contributed by atoms with Gasteiger partial charge >= 0.3 is 0 Å². The van der Waals surface area contributed by atoms with Gasteiger partial charge in [0, 0.05) is 121 Å². The first-order chi connectivity index (χ1) is 66.0. The molecule has 0 spiro atoms. The summed E-state index contributed by atoms with van der Waals surface area (Å²) in [5, 5.41) is 0. The van der Waals surface area contributed by atoms with Crippen molar-refractivity contribution in [1.82, 2.24) is 0 Å². The van der Waals surface area contributed by atoms with E-state index in [-0.39, 0.29) is 5.92 Å². The Balaban J connectivity index is 0. The molecule has 13 unspecified atom stereocenters. The third-order valence-corrected chi connectivity index (χ3v) is 31.6. The summed E-state index contributed by atoms with van der Waals surface area (Å²) >= 11 is 0. The maximum atomic E-state index is 12.1. The monoisotopic (exact) mass is 1960 g/mol. The number of allylic oxidation sites excluding steroid dienone is 6. The molecule has 0 aromatic rings. The van der Waals surface area contributed by atoms with Crippen LogP contribution in [-0.4, -0.2) is 58.3 Å². The fourth-order valence-electron chi connectivity index (χ4n) is 22.4. The molecule has 8 aliphatic rings. The molecule has 0 aromatic heterocycles. The Hall–Kier alpha value is -4.08. The average molecular weight is 1960 g/mol. The van der Waals surface area contributed by atoms with Crippen molar-refractivity contribution >= 4 is 58.3 Å². The van der Waals surface area contributed by atoms with Gasteiger partial charge in [0.1, 0.15) is 58.3 Å². The molecule has 8 saturated carbocycles. The average Bonchev–Trinajstić information content (AvgIpc) is 1.57. The van der Waals surface area contributed by atoms with Crippen LogP contribution in [0.15, 0.2) is 36.5 Å². The number of hydrogen-bond donors (Lipinski definition) is 0. The van der Waals surface area contributed by atoms with Crippen molar-refractivity contribution in [3.63, 3.8) is 0 Å². The summed E-state index contributed by atoms with van der Waals surface area (Å²) in [6, 6.07) is 0. The van der Waals surface area contributed by atoms with Crippen LogP contribution in [0.3, 0.4) is 0 Å². The predicted molar refractivity (Wildman–Crippen MR) is 606 cm³/mol. The Morgan fingerprint density at radius 2 is 0.729 bits per heavy atom. The van der Waals surface area contributed by atoms with E-state index in [4.69, 9.17) is 0 Å². The lowest BCUT2D eigenvalue weighted by Gasteiger charge is -2.52. The van der Waals surface area contributed by atoms with Crippen LogP contribution in [0, 0.1) is 135 Å². The van der Waals surface area contributed by atoms with Gasteiger partial charge in [0.2, 0.25) is 0 Å². The Labute approximate surface area is 870 Å². The van der Waals surface area contributed by atoms with Crippen molar-refractivity contribution < 1.29 is 47.9 Å². The number of fused-ring (bicyclic) bond motifs is 5. The van der Waals surface area contributed by atoms with E-state index in [0.717, 1.165) is 301 Å². The Morgan fingerprint density at radius 1 is 0.307 bits per heavy atom. The second-order valence-corrected chi connectivity index (χ2v) is 51.7. The van der Waals surface area contributed by atoms with Gasteiger partial charge in [-0.2, -0.15) is 0 Å². The molecule has 818 valence electrons. The fraction of sp³-hybridized carbons (Fsp3) is 0.877. The highest BCUT2D eigenvalue weighted by atomic mass is 16.2. The van der Waals surface area contributed by atoms with Crippen molar-refractivity contribution in [2.75, 3.05) is 0 Å². The van der Waals surface area contributed by atoms with Gasteiger partial charge in [0.15, 0.2) is 0 Å². The minimum Gasteiger partial charge on any atom is -0.303 e. The molecule has 0 saturated heterocycles. The van der Waals surface area contributed by atoms with Crippen LogP contribution in [-0.2, 0) is 47.9 Å². The van der Waals surface area contributed by atoms with Crippen molar-refractivity contribution in [1.29, 1.82) is 0 Å². The van der Waals surface area contributed by atoms with Crippen molar-refractivity contribution in [3.8, 4) is 0 Å². The number of carbonyl (C=O) groups is 10. The van der Waals surface area contributed by atoms with Crippen LogP contribution in [0.4, 0.5) is 0 Å². The standard InChI is InChI=1S/C34H62O.C25H42O.C15H30O.C12H20O.C10H20O.C9H18O.C7H12O.C7H14O.C6H10O.C5H10O/c1-30(2)24-20-16-13-11-9-8-10-12-14-18-22-26-33(35)27-23-19-15-17-21-25-31(3)32(4)28-29-34(5,6)7;1-16(2)5-4-6-17(3)20-11-12-25-22(20)13-14-23-21-10-8-19(26)15-18(21)7-9-24(23)25;1-7-8-14(16)10-9-12(2)13(3)11-15(4,5)6;13-12-8-6-11(7-9-12)10-4-2-1-3-5-10;1-5-6-9(11)7-8-10(2,3)4;1-7(2)5-9(10)6-8(3)4;8-7-5-3-1-2-4-6-7;1-4-7(8)5-6(2)3;7-6-4-2-1-3-5-6;1-3-5(2)4-6/h8-9,14,16,18,20,30-32H,10-13,15,17,19,21-29H2,1-7H3;16-18,20-25H,4-15H2,1-3H3;12-13H,7-11H2,1-6H3;10-11H,1-9H2;5-8H2,1-4H3;7-8H,5-6H2,1-4H3;1-6H2;6H,4-5H2,1-3H3;1-5H2;4-5H,3H2,1-2H3/b9-8+,18-14+,20-16+;;;;;;;;;. The summed E-state index contributed by atoms with van der Waals surface area (Å²) in [5.41, 5.74) is 1.17. The lowest BCUT2D eigenvalue weighted by Crippen LogP contribution is -2.45. The molecule has 0 radical (unpaired) electrons. The molecule has 0 amide bonds. The van der Waals surface area contributed by atoms with E-state index >= 15 is 0 Å². The highest BCUT2D eigenvalue weighted by Gasteiger charge is 2.52. The number of hydrogen-bond acceptors (Lipinski definition) is 10. The largest absolute Gasteiger partial charge is 0.303 e. The smallest absolute Gasteiger partial charge is 0.133 e. The van der Waals surface area contributed by atoms with E-state index in [9.17, 15) is 47.9 Å². The highest BCUT2D eigenvalue weighted by Crippen LogP contribution is 2.60. The van der Waals surface area contributed by atoms with E-state index < -0.39 is 0 Å². The second-order valence-electron chi connectivity index (χ2n) is 51.7. The molecule has 10 heteroatoms. The van der Waals surface area contributed by atoms with Crippen molar-refractivity contribution in [2.24, 2.45) is 135 Å². The molecular formula is C130H238O10. The number of rotatable bonds is 48. The van der Waals surface area contributed by atoms with Gasteiger partial charge < -0.3 is 4.79 Å². The first kappa shape index (κ1) is 138. The highest BCUT2D eigenvalue weighted by molar-refractivity contribution is 5.81. The first-order valence-electron chi connectivity index (χ1n) is 60.1. The van der Waals surface area contributed by atoms with E-state index in [0.29, 0.717) is 98.4 Å². The molecule has 8 rings (SSSR count). The Bertz CT molecular complexity index is 3190. The van der Waals surface area contributed by atoms with E-state index in [1.165, 1.54) is 186 Å². The molecular weight excluding hydrogens is 1720 g/mol. The minimum absolute atomic E-state index is 0.255. The summed E-state index contributed by atoms with van der Waals surface area (Å²) in [6.07, 6.45) is 84.7. The third kappa shape index (κ3) is 79.1. The quantitative estimate of drug-likeness (QED) is 0.0247. The summed E-state index contributed by atoms with van der Waals surface area (Å²) in [5.74, 6) is 20.2. The Morgan fingerprint density at radius 3 is 1.21 bits per heavy atom. The van der Waals surface area contributed by atoms with Crippen LogP contribution in [0.1, 0.15) is 599 Å². The van der Waals surface area contributed by atoms with Crippen LogP contribution < -0.4 is 0 Å². The summed E-state index contributed by atoms with van der Waals surface area (Å²) in [4.78, 5) is 110. The molecule has 0 bridgehead atoms. The maximum Gasteiger partial charge on any atom is 0.133 e. The van der Waals surface area contributed by atoms with E-state index in [1.54, 1.807) is 0 Å². The molecule has 8 fully saturated rings. The van der Waals surface area contributed by atoms with Gasteiger partial charge in [0.25, 0.3) is 0 Å². The van der Waals surface area contributed by atoms with Gasteiger partial charge in [-0.25, -0.2) is 0 Å².